The van der Waals surface area contributed by atoms with E-state index in [1.54, 1.807) is 11.3 Å². The molecule has 0 spiro atoms. The molecule has 1 unspecified atom stereocenters. The van der Waals surface area contributed by atoms with Gasteiger partial charge in [0.15, 0.2) is 5.96 Å². The van der Waals surface area contributed by atoms with Crippen LogP contribution in [-0.2, 0) is 13.0 Å². The summed E-state index contributed by atoms with van der Waals surface area (Å²) in [7, 11) is 0. The van der Waals surface area contributed by atoms with Crippen molar-refractivity contribution in [1.82, 2.24) is 10.6 Å². The van der Waals surface area contributed by atoms with E-state index in [0.717, 1.165) is 25.6 Å². The molecule has 2 aromatic rings. The topological polar surface area (TPSA) is 36.4 Å². The Morgan fingerprint density at radius 3 is 2.82 bits per heavy atom. The number of guanidine groups is 1. The molecule has 0 saturated heterocycles. The molecule has 1 aromatic heterocycles. The lowest BCUT2D eigenvalue weighted by molar-refractivity contribution is 0.584. The SMILES string of the molecule is CCNC(=NCc1cccs1)NCC1Cc2ccccc21.I. The zero-order valence-corrected chi connectivity index (χ0v) is 15.9. The van der Waals surface area contributed by atoms with Gasteiger partial charge in [0.25, 0.3) is 0 Å². The smallest absolute Gasteiger partial charge is 0.191 e. The van der Waals surface area contributed by atoms with Gasteiger partial charge in [0.2, 0.25) is 0 Å². The van der Waals surface area contributed by atoms with Crippen molar-refractivity contribution in [2.24, 2.45) is 4.99 Å². The summed E-state index contributed by atoms with van der Waals surface area (Å²) in [6.07, 6.45) is 1.17. The molecule has 0 aliphatic heterocycles. The van der Waals surface area contributed by atoms with Crippen LogP contribution in [0.3, 0.4) is 0 Å². The van der Waals surface area contributed by atoms with Crippen molar-refractivity contribution in [2.75, 3.05) is 13.1 Å². The molecule has 1 heterocycles. The summed E-state index contributed by atoms with van der Waals surface area (Å²) in [5.74, 6) is 1.53. The van der Waals surface area contributed by atoms with E-state index >= 15 is 0 Å². The van der Waals surface area contributed by atoms with Crippen LogP contribution in [0.15, 0.2) is 46.8 Å². The van der Waals surface area contributed by atoms with Crippen molar-refractivity contribution in [3.8, 4) is 0 Å². The Bertz CT molecular complexity index is 610. The standard InChI is InChI=1S/C17H21N3S.HI/c1-2-18-17(20-12-15-7-5-9-21-15)19-11-14-10-13-6-3-4-8-16(13)14;/h3-9,14H,2,10-12H2,1H3,(H2,18,19,20);1H. The Morgan fingerprint density at radius 2 is 2.09 bits per heavy atom. The van der Waals surface area contributed by atoms with E-state index in [9.17, 15) is 0 Å². The van der Waals surface area contributed by atoms with Gasteiger partial charge in [0, 0.05) is 23.9 Å². The molecule has 1 aromatic carbocycles. The number of nitrogens with zero attached hydrogens (tertiary/aromatic N) is 1. The molecule has 2 N–H and O–H groups in total. The maximum atomic E-state index is 4.65. The van der Waals surface area contributed by atoms with Crippen molar-refractivity contribution in [2.45, 2.75) is 25.8 Å². The molecule has 5 heteroatoms. The van der Waals surface area contributed by atoms with Crippen LogP contribution in [0.1, 0.15) is 28.8 Å². The second kappa shape index (κ2) is 8.53. The number of thiophene rings is 1. The van der Waals surface area contributed by atoms with Gasteiger partial charge in [-0.1, -0.05) is 30.3 Å². The van der Waals surface area contributed by atoms with Crippen molar-refractivity contribution in [3.05, 3.63) is 57.8 Å². The molecular formula is C17H22IN3S. The van der Waals surface area contributed by atoms with E-state index in [4.69, 9.17) is 0 Å². The molecule has 0 bridgehead atoms. The lowest BCUT2D eigenvalue weighted by atomic mass is 9.78. The van der Waals surface area contributed by atoms with E-state index < -0.39 is 0 Å². The molecule has 0 saturated carbocycles. The molecule has 3 rings (SSSR count). The monoisotopic (exact) mass is 427 g/mol. The van der Waals surface area contributed by atoms with E-state index in [-0.39, 0.29) is 24.0 Å². The third kappa shape index (κ3) is 4.23. The summed E-state index contributed by atoms with van der Waals surface area (Å²) in [5.41, 5.74) is 2.98. The summed E-state index contributed by atoms with van der Waals surface area (Å²) in [6, 6.07) is 12.9. The number of nitrogens with one attached hydrogen (secondary N) is 2. The minimum absolute atomic E-state index is 0. The van der Waals surface area contributed by atoms with Crippen molar-refractivity contribution in [1.29, 1.82) is 0 Å². The number of rotatable bonds is 5. The van der Waals surface area contributed by atoms with Gasteiger partial charge < -0.3 is 10.6 Å². The van der Waals surface area contributed by atoms with Crippen LogP contribution in [0, 0.1) is 0 Å². The maximum Gasteiger partial charge on any atom is 0.191 e. The van der Waals surface area contributed by atoms with Crippen molar-refractivity contribution in [3.63, 3.8) is 0 Å². The van der Waals surface area contributed by atoms with Crippen LogP contribution in [-0.4, -0.2) is 19.0 Å². The first kappa shape index (κ1) is 17.3. The molecule has 3 nitrogen and oxygen atoms in total. The molecule has 22 heavy (non-hydrogen) atoms. The highest BCUT2D eigenvalue weighted by Crippen LogP contribution is 2.33. The van der Waals surface area contributed by atoms with Gasteiger partial charge in [-0.3, -0.25) is 0 Å². The Kier molecular flexibility index (Phi) is 6.70. The van der Waals surface area contributed by atoms with E-state index in [1.807, 2.05) is 0 Å². The fourth-order valence-electron chi connectivity index (χ4n) is 2.67. The molecule has 1 atom stereocenters. The Balaban J connectivity index is 0.00000176. The van der Waals surface area contributed by atoms with Gasteiger partial charge >= 0.3 is 0 Å². The zero-order valence-electron chi connectivity index (χ0n) is 12.7. The van der Waals surface area contributed by atoms with Gasteiger partial charge in [-0.15, -0.1) is 35.3 Å². The largest absolute Gasteiger partial charge is 0.357 e. The number of fused-ring (bicyclic) bond motifs is 1. The van der Waals surface area contributed by atoms with Gasteiger partial charge in [-0.2, -0.15) is 0 Å². The quantitative estimate of drug-likeness (QED) is 0.433. The summed E-state index contributed by atoms with van der Waals surface area (Å²) >= 11 is 1.75. The zero-order chi connectivity index (χ0) is 14.5. The van der Waals surface area contributed by atoms with E-state index in [0.29, 0.717) is 5.92 Å². The molecular weight excluding hydrogens is 405 g/mol. The number of hydrogen-bond donors (Lipinski definition) is 2. The minimum Gasteiger partial charge on any atom is -0.357 e. The number of benzene rings is 1. The van der Waals surface area contributed by atoms with Crippen molar-refractivity contribution < 1.29 is 0 Å². The molecule has 0 amide bonds. The Hall–Kier alpha value is -1.08. The van der Waals surface area contributed by atoms with Crippen LogP contribution in [0.2, 0.25) is 0 Å². The number of halogens is 1. The summed E-state index contributed by atoms with van der Waals surface area (Å²) in [5, 5.41) is 8.88. The first-order chi connectivity index (χ1) is 10.4. The highest BCUT2D eigenvalue weighted by molar-refractivity contribution is 14.0. The average Bonchev–Trinajstić information content (AvgIpc) is 2.99. The van der Waals surface area contributed by atoms with Gasteiger partial charge in [0.05, 0.1) is 6.54 Å². The highest BCUT2D eigenvalue weighted by Gasteiger charge is 2.25. The maximum absolute atomic E-state index is 4.65. The summed E-state index contributed by atoms with van der Waals surface area (Å²) < 4.78 is 0. The average molecular weight is 427 g/mol. The van der Waals surface area contributed by atoms with E-state index in [1.165, 1.54) is 22.4 Å². The lowest BCUT2D eigenvalue weighted by Crippen LogP contribution is -2.41. The Labute approximate surface area is 153 Å². The van der Waals surface area contributed by atoms with Crippen LogP contribution >= 0.6 is 35.3 Å². The van der Waals surface area contributed by atoms with Gasteiger partial charge in [-0.05, 0) is 35.9 Å². The number of aliphatic imine (C=N–C) groups is 1. The summed E-state index contributed by atoms with van der Waals surface area (Å²) in [4.78, 5) is 5.94. The normalized spacial score (nSPS) is 16.2. The van der Waals surface area contributed by atoms with Crippen molar-refractivity contribution >= 4 is 41.3 Å². The van der Waals surface area contributed by atoms with Gasteiger partial charge in [-0.25, -0.2) is 4.99 Å². The predicted octanol–water partition coefficient (Wildman–Crippen LogP) is 3.76. The van der Waals surface area contributed by atoms with E-state index in [2.05, 4.69) is 64.3 Å². The highest BCUT2D eigenvalue weighted by atomic mass is 127. The third-order valence-corrected chi connectivity index (χ3v) is 4.66. The number of hydrogen-bond acceptors (Lipinski definition) is 2. The third-order valence-electron chi connectivity index (χ3n) is 3.79. The van der Waals surface area contributed by atoms with Crippen LogP contribution in [0.4, 0.5) is 0 Å². The second-order valence-electron chi connectivity index (χ2n) is 5.26. The van der Waals surface area contributed by atoms with Crippen LogP contribution in [0.25, 0.3) is 0 Å². The molecule has 0 radical (unpaired) electrons. The first-order valence-corrected chi connectivity index (χ1v) is 8.37. The molecule has 0 fully saturated rings. The second-order valence-corrected chi connectivity index (χ2v) is 6.29. The molecule has 1 aliphatic rings. The van der Waals surface area contributed by atoms with Gasteiger partial charge in [0.1, 0.15) is 0 Å². The fourth-order valence-corrected chi connectivity index (χ4v) is 3.29. The predicted molar refractivity (Wildman–Crippen MR) is 105 cm³/mol. The lowest BCUT2D eigenvalue weighted by Gasteiger charge is -2.30. The first-order valence-electron chi connectivity index (χ1n) is 7.49. The van der Waals surface area contributed by atoms with Crippen LogP contribution in [0.5, 0.6) is 0 Å². The fraction of sp³-hybridized carbons (Fsp3) is 0.353. The summed E-state index contributed by atoms with van der Waals surface area (Å²) in [6.45, 7) is 4.68. The minimum atomic E-state index is 0. The molecule has 1 aliphatic carbocycles. The van der Waals surface area contributed by atoms with Crippen LogP contribution < -0.4 is 10.6 Å². The molecule has 118 valence electrons. The Morgan fingerprint density at radius 1 is 1.23 bits per heavy atom.